The van der Waals surface area contributed by atoms with E-state index in [0.29, 0.717) is 0 Å². The summed E-state index contributed by atoms with van der Waals surface area (Å²) >= 11 is 2.16. The molecule has 1 heterocycles. The Kier molecular flexibility index (Phi) is 6.83. The molecule has 2 heteroatoms. The van der Waals surface area contributed by atoms with Gasteiger partial charge in [0.15, 0.2) is 0 Å². The van der Waals surface area contributed by atoms with E-state index < -0.39 is 0 Å². The Hall–Kier alpha value is 0.310. The van der Waals surface area contributed by atoms with E-state index in [2.05, 4.69) is 44.8 Å². The average Bonchev–Trinajstić information content (AvgIpc) is 2.64. The van der Waals surface area contributed by atoms with Gasteiger partial charge in [0.2, 0.25) is 0 Å². The highest BCUT2D eigenvalue weighted by molar-refractivity contribution is 8.00. The normalized spacial score (nSPS) is 21.6. The topological polar surface area (TPSA) is 12.0 Å². The molecule has 0 amide bonds. The van der Waals surface area contributed by atoms with Gasteiger partial charge in [0, 0.05) is 17.8 Å². The van der Waals surface area contributed by atoms with Crippen LogP contribution in [0.15, 0.2) is 0 Å². The Morgan fingerprint density at radius 3 is 2.19 bits per heavy atom. The molecule has 1 aliphatic heterocycles. The number of hydrogen-bond donors (Lipinski definition) is 1. The largest absolute Gasteiger partial charge is 0.313 e. The van der Waals surface area contributed by atoms with Crippen molar-refractivity contribution in [1.82, 2.24) is 5.32 Å². The van der Waals surface area contributed by atoms with Gasteiger partial charge in [-0.2, -0.15) is 11.8 Å². The van der Waals surface area contributed by atoms with E-state index in [1.807, 2.05) is 0 Å². The molecule has 0 bridgehead atoms. The molecule has 1 fully saturated rings. The SMILES string of the molecule is CC(C)CC(CC(C)C)NCC1CCCS1. The second-order valence-corrected chi connectivity index (χ2v) is 7.41. The van der Waals surface area contributed by atoms with Gasteiger partial charge in [-0.05, 0) is 43.3 Å². The summed E-state index contributed by atoms with van der Waals surface area (Å²) in [6.07, 6.45) is 5.51. The zero-order valence-electron chi connectivity index (χ0n) is 11.5. The molecule has 96 valence electrons. The van der Waals surface area contributed by atoms with E-state index in [1.54, 1.807) is 0 Å². The summed E-state index contributed by atoms with van der Waals surface area (Å²) < 4.78 is 0. The number of hydrogen-bond acceptors (Lipinski definition) is 2. The summed E-state index contributed by atoms with van der Waals surface area (Å²) in [5.41, 5.74) is 0. The van der Waals surface area contributed by atoms with Crippen LogP contribution in [0.5, 0.6) is 0 Å². The van der Waals surface area contributed by atoms with E-state index in [-0.39, 0.29) is 0 Å². The lowest BCUT2D eigenvalue weighted by atomic mass is 9.95. The van der Waals surface area contributed by atoms with Gasteiger partial charge in [0.05, 0.1) is 0 Å². The summed E-state index contributed by atoms with van der Waals surface area (Å²) in [5, 5.41) is 4.69. The third-order valence-corrected chi connectivity index (χ3v) is 4.57. The summed E-state index contributed by atoms with van der Waals surface area (Å²) in [7, 11) is 0. The van der Waals surface area contributed by atoms with Crippen molar-refractivity contribution in [3.05, 3.63) is 0 Å². The van der Waals surface area contributed by atoms with Gasteiger partial charge in [-0.3, -0.25) is 0 Å². The maximum Gasteiger partial charge on any atom is 0.0172 e. The minimum atomic E-state index is 0.737. The first-order valence-electron chi connectivity index (χ1n) is 6.93. The van der Waals surface area contributed by atoms with E-state index in [4.69, 9.17) is 0 Å². The fourth-order valence-electron chi connectivity index (χ4n) is 2.50. The first-order chi connectivity index (χ1) is 7.58. The maximum absolute atomic E-state index is 3.80. The van der Waals surface area contributed by atoms with Crippen molar-refractivity contribution < 1.29 is 0 Å². The van der Waals surface area contributed by atoms with E-state index in [1.165, 1.54) is 38.0 Å². The monoisotopic (exact) mass is 243 g/mol. The van der Waals surface area contributed by atoms with Crippen molar-refractivity contribution in [3.63, 3.8) is 0 Å². The molecule has 0 saturated carbocycles. The lowest BCUT2D eigenvalue weighted by Crippen LogP contribution is -2.35. The van der Waals surface area contributed by atoms with E-state index in [9.17, 15) is 0 Å². The Morgan fingerprint density at radius 1 is 1.12 bits per heavy atom. The van der Waals surface area contributed by atoms with Crippen LogP contribution >= 0.6 is 11.8 Å². The molecule has 1 nitrogen and oxygen atoms in total. The molecule has 1 aliphatic rings. The number of rotatable bonds is 7. The maximum atomic E-state index is 3.80. The summed E-state index contributed by atoms with van der Waals surface area (Å²) in [5.74, 6) is 3.01. The van der Waals surface area contributed by atoms with Gasteiger partial charge in [-0.25, -0.2) is 0 Å². The number of nitrogens with one attached hydrogen (secondary N) is 1. The molecule has 0 radical (unpaired) electrons. The van der Waals surface area contributed by atoms with Crippen LogP contribution in [-0.2, 0) is 0 Å². The molecule has 0 aromatic rings. The second-order valence-electron chi connectivity index (χ2n) is 6.00. The molecule has 1 N–H and O–H groups in total. The fourth-order valence-corrected chi connectivity index (χ4v) is 3.72. The molecule has 1 atom stereocenters. The van der Waals surface area contributed by atoms with Crippen molar-refractivity contribution in [1.29, 1.82) is 0 Å². The lowest BCUT2D eigenvalue weighted by Gasteiger charge is -2.24. The van der Waals surface area contributed by atoms with Crippen LogP contribution in [0.4, 0.5) is 0 Å². The van der Waals surface area contributed by atoms with Gasteiger partial charge in [-0.15, -0.1) is 0 Å². The summed E-state index contributed by atoms with van der Waals surface area (Å²) in [6, 6.07) is 0.737. The molecule has 0 aromatic carbocycles. The molecule has 16 heavy (non-hydrogen) atoms. The van der Waals surface area contributed by atoms with Crippen LogP contribution in [0.2, 0.25) is 0 Å². The zero-order chi connectivity index (χ0) is 12.0. The predicted molar refractivity (Wildman–Crippen MR) is 76.2 cm³/mol. The fraction of sp³-hybridized carbons (Fsp3) is 1.00. The van der Waals surface area contributed by atoms with E-state index in [0.717, 1.165) is 23.1 Å². The molecule has 1 unspecified atom stereocenters. The first-order valence-corrected chi connectivity index (χ1v) is 7.97. The first kappa shape index (κ1) is 14.4. The van der Waals surface area contributed by atoms with Crippen molar-refractivity contribution in [2.75, 3.05) is 12.3 Å². The molecular weight excluding hydrogens is 214 g/mol. The minimum absolute atomic E-state index is 0.737. The van der Waals surface area contributed by atoms with Gasteiger partial charge in [0.1, 0.15) is 0 Å². The highest BCUT2D eigenvalue weighted by Gasteiger charge is 2.18. The van der Waals surface area contributed by atoms with Gasteiger partial charge in [0.25, 0.3) is 0 Å². The quantitative estimate of drug-likeness (QED) is 0.727. The molecule has 0 aromatic heterocycles. The molecule has 0 aliphatic carbocycles. The van der Waals surface area contributed by atoms with Crippen LogP contribution in [-0.4, -0.2) is 23.6 Å². The Bertz CT molecular complexity index is 164. The van der Waals surface area contributed by atoms with Crippen molar-refractivity contribution in [3.8, 4) is 0 Å². The third kappa shape index (κ3) is 6.15. The minimum Gasteiger partial charge on any atom is -0.313 e. The van der Waals surface area contributed by atoms with E-state index >= 15 is 0 Å². The Balaban J connectivity index is 2.24. The second kappa shape index (κ2) is 7.60. The van der Waals surface area contributed by atoms with Crippen molar-refractivity contribution in [2.24, 2.45) is 11.8 Å². The van der Waals surface area contributed by atoms with Crippen LogP contribution < -0.4 is 5.32 Å². The van der Waals surface area contributed by atoms with Crippen LogP contribution in [0.3, 0.4) is 0 Å². The summed E-state index contributed by atoms with van der Waals surface area (Å²) in [4.78, 5) is 0. The smallest absolute Gasteiger partial charge is 0.0172 e. The van der Waals surface area contributed by atoms with Crippen LogP contribution in [0.25, 0.3) is 0 Å². The third-order valence-electron chi connectivity index (χ3n) is 3.17. The molecule has 0 spiro atoms. The highest BCUT2D eigenvalue weighted by atomic mass is 32.2. The lowest BCUT2D eigenvalue weighted by molar-refractivity contribution is 0.359. The average molecular weight is 243 g/mol. The Labute approximate surface area is 106 Å². The molecular formula is C14H29NS. The van der Waals surface area contributed by atoms with Gasteiger partial charge < -0.3 is 5.32 Å². The van der Waals surface area contributed by atoms with Crippen molar-refractivity contribution >= 4 is 11.8 Å². The standard InChI is InChI=1S/C14H29NS/c1-11(2)8-13(9-12(3)4)15-10-14-6-5-7-16-14/h11-15H,5-10H2,1-4H3. The molecule has 1 saturated heterocycles. The van der Waals surface area contributed by atoms with Crippen LogP contribution in [0.1, 0.15) is 53.4 Å². The predicted octanol–water partition coefficient (Wildman–Crippen LogP) is 3.93. The Morgan fingerprint density at radius 2 is 1.75 bits per heavy atom. The summed E-state index contributed by atoms with van der Waals surface area (Å²) in [6.45, 7) is 10.6. The van der Waals surface area contributed by atoms with Gasteiger partial charge in [-0.1, -0.05) is 27.7 Å². The number of thioether (sulfide) groups is 1. The van der Waals surface area contributed by atoms with Crippen LogP contribution in [0, 0.1) is 11.8 Å². The van der Waals surface area contributed by atoms with Crippen molar-refractivity contribution in [2.45, 2.75) is 64.7 Å². The highest BCUT2D eigenvalue weighted by Crippen LogP contribution is 2.25. The molecule has 1 rings (SSSR count). The van der Waals surface area contributed by atoms with Gasteiger partial charge >= 0.3 is 0 Å². The zero-order valence-corrected chi connectivity index (χ0v) is 12.3.